The molecule has 1 aromatic carbocycles. The van der Waals surface area contributed by atoms with E-state index in [0.29, 0.717) is 27.2 Å². The van der Waals surface area contributed by atoms with Crippen LogP contribution in [-0.4, -0.2) is 38.1 Å². The van der Waals surface area contributed by atoms with E-state index in [4.69, 9.17) is 16.3 Å². The Bertz CT molecular complexity index is 810. The van der Waals surface area contributed by atoms with Crippen LogP contribution in [0, 0.1) is 0 Å². The molecule has 0 amide bonds. The molecule has 1 unspecified atom stereocenters. The van der Waals surface area contributed by atoms with E-state index in [1.54, 1.807) is 16.6 Å². The highest BCUT2D eigenvalue weighted by atomic mass is 35.5. The molecule has 6 nitrogen and oxygen atoms in total. The smallest absolute Gasteiger partial charge is 0.234 e. The number of ether oxygens (including phenoxy) is 1. The van der Waals surface area contributed by atoms with Gasteiger partial charge in [-0.1, -0.05) is 22.9 Å². The fourth-order valence-corrected chi connectivity index (χ4v) is 3.47. The molecule has 1 aliphatic rings. The molecule has 1 N–H and O–H groups in total. The molecule has 8 heteroatoms. The molecule has 4 rings (SSSR count). The van der Waals surface area contributed by atoms with Crippen molar-refractivity contribution in [1.29, 1.82) is 0 Å². The van der Waals surface area contributed by atoms with Gasteiger partial charge in [0.05, 0.1) is 12.2 Å². The molecule has 1 atom stereocenters. The van der Waals surface area contributed by atoms with Crippen LogP contribution in [0.5, 0.6) is 5.75 Å². The highest BCUT2D eigenvalue weighted by molar-refractivity contribution is 7.19. The Hall–Kier alpha value is -1.70. The summed E-state index contributed by atoms with van der Waals surface area (Å²) in [7, 11) is 0. The van der Waals surface area contributed by atoms with Crippen molar-refractivity contribution in [2.45, 2.75) is 12.3 Å². The Balaban J connectivity index is 1.80. The summed E-state index contributed by atoms with van der Waals surface area (Å²) >= 11 is 7.24. The lowest BCUT2D eigenvalue weighted by Crippen LogP contribution is -2.04. The number of hydrogen-bond donors (Lipinski definition) is 1. The first-order valence-corrected chi connectivity index (χ1v) is 7.70. The van der Waals surface area contributed by atoms with E-state index < -0.39 is 0 Å². The van der Waals surface area contributed by atoms with Gasteiger partial charge in [-0.3, -0.25) is 0 Å². The molecule has 2 aromatic heterocycles. The number of phenols is 1. The van der Waals surface area contributed by atoms with Crippen molar-refractivity contribution < 1.29 is 9.84 Å². The second-order valence-corrected chi connectivity index (χ2v) is 6.27. The Kier molecular flexibility index (Phi) is 3.06. The van der Waals surface area contributed by atoms with Gasteiger partial charge in [0.1, 0.15) is 5.75 Å². The minimum absolute atomic E-state index is 0.109. The van der Waals surface area contributed by atoms with Gasteiger partial charge in [-0.2, -0.15) is 9.61 Å². The van der Waals surface area contributed by atoms with Crippen molar-refractivity contribution in [3.63, 3.8) is 0 Å². The van der Waals surface area contributed by atoms with Crippen LogP contribution in [0.1, 0.15) is 18.2 Å². The zero-order valence-corrected chi connectivity index (χ0v) is 12.4. The van der Waals surface area contributed by atoms with Crippen molar-refractivity contribution >= 4 is 27.9 Å². The van der Waals surface area contributed by atoms with Gasteiger partial charge >= 0.3 is 0 Å². The predicted octanol–water partition coefficient (Wildman–Crippen LogP) is 2.72. The van der Waals surface area contributed by atoms with E-state index in [9.17, 15) is 5.11 Å². The predicted molar refractivity (Wildman–Crippen MR) is 78.9 cm³/mol. The van der Waals surface area contributed by atoms with E-state index in [1.165, 1.54) is 17.4 Å². The third-order valence-corrected chi connectivity index (χ3v) is 4.67. The third-order valence-electron chi connectivity index (χ3n) is 3.50. The molecule has 0 bridgehead atoms. The van der Waals surface area contributed by atoms with Crippen molar-refractivity contribution in [1.82, 2.24) is 19.8 Å². The Morgan fingerprint density at radius 3 is 3.05 bits per heavy atom. The van der Waals surface area contributed by atoms with Gasteiger partial charge in [0, 0.05) is 17.5 Å². The van der Waals surface area contributed by atoms with E-state index in [2.05, 4.69) is 15.3 Å². The fourth-order valence-electron chi connectivity index (χ4n) is 2.42. The quantitative estimate of drug-likeness (QED) is 0.785. The van der Waals surface area contributed by atoms with Gasteiger partial charge in [0.25, 0.3) is 0 Å². The lowest BCUT2D eigenvalue weighted by molar-refractivity contribution is 0.193. The summed E-state index contributed by atoms with van der Waals surface area (Å²) in [6.45, 7) is 1.40. The number of aromatic hydroxyl groups is 1. The van der Waals surface area contributed by atoms with E-state index >= 15 is 0 Å². The number of halogens is 1. The minimum atomic E-state index is 0.109. The second kappa shape index (κ2) is 4.94. The Labute approximate surface area is 129 Å². The lowest BCUT2D eigenvalue weighted by Gasteiger charge is -2.02. The van der Waals surface area contributed by atoms with Crippen molar-refractivity contribution in [3.05, 3.63) is 29.0 Å². The van der Waals surface area contributed by atoms with Crippen molar-refractivity contribution in [3.8, 4) is 16.3 Å². The molecule has 0 aliphatic carbocycles. The van der Waals surface area contributed by atoms with Gasteiger partial charge in [-0.05, 0) is 24.6 Å². The zero-order chi connectivity index (χ0) is 14.4. The maximum atomic E-state index is 10.0. The first-order chi connectivity index (χ1) is 10.2. The fraction of sp³-hybridized carbons (Fsp3) is 0.308. The minimum Gasteiger partial charge on any atom is -0.507 e. The summed E-state index contributed by atoms with van der Waals surface area (Å²) in [6.07, 6.45) is 0.930. The first-order valence-electron chi connectivity index (χ1n) is 6.51. The maximum absolute atomic E-state index is 10.0. The second-order valence-electron chi connectivity index (χ2n) is 4.88. The van der Waals surface area contributed by atoms with E-state index in [-0.39, 0.29) is 11.7 Å². The molecule has 21 heavy (non-hydrogen) atoms. The van der Waals surface area contributed by atoms with Gasteiger partial charge in [-0.25, -0.2) is 0 Å². The van der Waals surface area contributed by atoms with Gasteiger partial charge in [0.2, 0.25) is 4.96 Å². The van der Waals surface area contributed by atoms with E-state index in [1.807, 2.05) is 0 Å². The van der Waals surface area contributed by atoms with Crippen LogP contribution in [0.4, 0.5) is 0 Å². The number of phenolic OH excluding ortho intramolecular Hbond substituents is 1. The van der Waals surface area contributed by atoms with Gasteiger partial charge < -0.3 is 9.84 Å². The van der Waals surface area contributed by atoms with Crippen molar-refractivity contribution in [2.24, 2.45) is 0 Å². The first kappa shape index (κ1) is 13.0. The number of rotatable bonds is 2. The molecule has 3 heterocycles. The highest BCUT2D eigenvalue weighted by Crippen LogP contribution is 2.35. The summed E-state index contributed by atoms with van der Waals surface area (Å²) in [5.41, 5.74) is 0.642. The molecule has 1 aliphatic heterocycles. The standard InChI is InChI=1S/C13H11ClN4O2S/c14-8-1-2-9(10(19)5-8)12-17-18-11(7-3-4-20-6-7)15-16-13(18)21-12/h1-2,5,7,19H,3-4,6H2. The molecule has 0 radical (unpaired) electrons. The topological polar surface area (TPSA) is 72.5 Å². The molecular weight excluding hydrogens is 312 g/mol. The molecule has 108 valence electrons. The SMILES string of the molecule is Oc1cc(Cl)ccc1-c1nn2c(C3CCOC3)nnc2s1. The van der Waals surface area contributed by atoms with Crippen LogP contribution in [-0.2, 0) is 4.74 Å². The molecule has 3 aromatic rings. The number of hydrogen-bond acceptors (Lipinski definition) is 6. The number of aromatic nitrogens is 4. The van der Waals surface area contributed by atoms with Crippen LogP contribution in [0.2, 0.25) is 5.02 Å². The van der Waals surface area contributed by atoms with Crippen LogP contribution in [0.3, 0.4) is 0 Å². The third kappa shape index (κ3) is 2.17. The zero-order valence-electron chi connectivity index (χ0n) is 10.9. The average Bonchev–Trinajstić information content (AvgIpc) is 3.13. The van der Waals surface area contributed by atoms with E-state index in [0.717, 1.165) is 18.9 Å². The summed E-state index contributed by atoms with van der Waals surface area (Å²) in [4.78, 5) is 0.709. The van der Waals surface area contributed by atoms with Crippen LogP contribution in [0.25, 0.3) is 15.5 Å². The number of nitrogens with zero attached hydrogens (tertiary/aromatic N) is 4. The lowest BCUT2D eigenvalue weighted by atomic mass is 10.1. The summed E-state index contributed by atoms with van der Waals surface area (Å²) in [6, 6.07) is 4.98. The van der Waals surface area contributed by atoms with Crippen LogP contribution < -0.4 is 0 Å². The summed E-state index contributed by atoms with van der Waals surface area (Å²) in [5.74, 6) is 1.16. The molecule has 0 saturated carbocycles. The number of benzene rings is 1. The molecule has 0 spiro atoms. The summed E-state index contributed by atoms with van der Waals surface area (Å²) < 4.78 is 7.14. The Morgan fingerprint density at radius 1 is 1.38 bits per heavy atom. The van der Waals surface area contributed by atoms with Gasteiger partial charge in [-0.15, -0.1) is 10.2 Å². The normalized spacial score (nSPS) is 18.6. The van der Waals surface area contributed by atoms with Crippen LogP contribution in [0.15, 0.2) is 18.2 Å². The molecule has 1 saturated heterocycles. The maximum Gasteiger partial charge on any atom is 0.234 e. The van der Waals surface area contributed by atoms with Gasteiger partial charge in [0.15, 0.2) is 10.8 Å². The van der Waals surface area contributed by atoms with Crippen LogP contribution >= 0.6 is 22.9 Å². The van der Waals surface area contributed by atoms with Crippen molar-refractivity contribution in [2.75, 3.05) is 13.2 Å². The summed E-state index contributed by atoms with van der Waals surface area (Å²) in [5, 5.41) is 24.1. The number of fused-ring (bicyclic) bond motifs is 1. The molecular formula is C13H11ClN4O2S. The Morgan fingerprint density at radius 2 is 2.29 bits per heavy atom. The highest BCUT2D eigenvalue weighted by Gasteiger charge is 2.25. The monoisotopic (exact) mass is 322 g/mol. The average molecular weight is 323 g/mol. The molecule has 1 fully saturated rings. The largest absolute Gasteiger partial charge is 0.507 e.